The molecule has 0 radical (unpaired) electrons. The number of ether oxygens (including phenoxy) is 1. The van der Waals surface area contributed by atoms with Crippen molar-refractivity contribution in [1.29, 1.82) is 0 Å². The van der Waals surface area contributed by atoms with Crippen molar-refractivity contribution in [1.82, 2.24) is 0 Å². The zero-order valence-corrected chi connectivity index (χ0v) is 10.6. The minimum Gasteiger partial charge on any atom is -0.465 e. The summed E-state index contributed by atoms with van der Waals surface area (Å²) in [5.41, 5.74) is 0.547. The van der Waals surface area contributed by atoms with E-state index in [2.05, 4.69) is 17.4 Å². The largest absolute Gasteiger partial charge is 2.00 e. The van der Waals surface area contributed by atoms with Crippen molar-refractivity contribution in [3.63, 3.8) is 0 Å². The molecule has 0 unspecified atom stereocenters. The molecule has 2 nitrogen and oxygen atoms in total. The second-order valence-electron chi connectivity index (χ2n) is 2.04. The van der Waals surface area contributed by atoms with Crippen LogP contribution in [-0.4, -0.2) is 13.1 Å². The van der Waals surface area contributed by atoms with E-state index in [1.165, 1.54) is 7.11 Å². The summed E-state index contributed by atoms with van der Waals surface area (Å²) in [5.74, 6) is -0.321. The van der Waals surface area contributed by atoms with Gasteiger partial charge in [-0.3, -0.25) is 0 Å². The summed E-state index contributed by atoms with van der Waals surface area (Å²) in [4.78, 5) is 11.7. The Bertz CT molecular complexity index is 258. The van der Waals surface area contributed by atoms with Gasteiger partial charge in [-0.2, -0.15) is 0 Å². The third kappa shape index (κ3) is 2.96. The van der Waals surface area contributed by atoms with E-state index in [-0.39, 0.29) is 25.4 Å². The fraction of sp³-hybridized carbons (Fsp3) is 0.125. The number of hydrogen-bond acceptors (Lipinski definition) is 3. The van der Waals surface area contributed by atoms with Crippen LogP contribution in [0.25, 0.3) is 0 Å². The molecule has 0 aromatic heterocycles. The number of carbonyl (C=O) groups excluding carboxylic acids is 1. The zero-order valence-electron chi connectivity index (χ0n) is 6.78. The van der Waals surface area contributed by atoms with Gasteiger partial charge in [0.25, 0.3) is 0 Å². The predicted octanol–water partition coefficient (Wildman–Crippen LogP) is 1.76. The number of carbonyl (C=O) groups is 1. The number of benzene rings is 1. The quantitative estimate of drug-likeness (QED) is 0.455. The molecular weight excluding hydrogens is 226 g/mol. The fourth-order valence-corrected chi connectivity index (χ4v) is 0.864. The van der Waals surface area contributed by atoms with Gasteiger partial charge in [0.05, 0.1) is 12.7 Å². The van der Waals surface area contributed by atoms with Crippen molar-refractivity contribution in [2.45, 2.75) is 4.90 Å². The number of esters is 1. The van der Waals surface area contributed by atoms with Crippen LogP contribution >= 0.6 is 12.6 Å². The molecule has 0 aliphatic carbocycles. The molecule has 0 bridgehead atoms. The van der Waals surface area contributed by atoms with Crippen LogP contribution in [0.15, 0.2) is 29.2 Å². The SMILES string of the molecule is COC(=O)c1ccc(S)cc1.[Zn+2]. The van der Waals surface area contributed by atoms with Gasteiger partial charge in [-0.1, -0.05) is 0 Å². The minimum atomic E-state index is -0.321. The first-order valence-electron chi connectivity index (χ1n) is 3.11. The molecule has 4 heteroatoms. The number of rotatable bonds is 1. The van der Waals surface area contributed by atoms with Gasteiger partial charge in [0, 0.05) is 4.90 Å². The maximum Gasteiger partial charge on any atom is 2.00 e. The van der Waals surface area contributed by atoms with Gasteiger partial charge in [0.1, 0.15) is 0 Å². The van der Waals surface area contributed by atoms with Gasteiger partial charge in [0.15, 0.2) is 0 Å². The second kappa shape index (κ2) is 5.33. The van der Waals surface area contributed by atoms with Gasteiger partial charge in [-0.05, 0) is 24.3 Å². The molecule has 0 saturated carbocycles. The first kappa shape index (κ1) is 11.7. The van der Waals surface area contributed by atoms with Crippen LogP contribution in [0.1, 0.15) is 10.4 Å². The van der Waals surface area contributed by atoms with Crippen molar-refractivity contribution < 1.29 is 29.0 Å². The molecule has 0 amide bonds. The Morgan fingerprint density at radius 2 is 1.83 bits per heavy atom. The van der Waals surface area contributed by atoms with E-state index in [1.54, 1.807) is 24.3 Å². The zero-order chi connectivity index (χ0) is 8.27. The Balaban J connectivity index is 0.00000121. The minimum absolute atomic E-state index is 0. The van der Waals surface area contributed by atoms with E-state index in [1.807, 2.05) is 0 Å². The van der Waals surface area contributed by atoms with Crippen LogP contribution in [0, 0.1) is 0 Å². The molecule has 0 N–H and O–H groups in total. The standard InChI is InChI=1S/C8H8O2S.Zn/c1-10-8(9)6-2-4-7(11)5-3-6;/h2-5,11H,1H3;/q;+2. The van der Waals surface area contributed by atoms with Gasteiger partial charge >= 0.3 is 25.4 Å². The molecule has 1 aromatic carbocycles. The monoisotopic (exact) mass is 232 g/mol. The molecule has 1 aromatic rings. The number of methoxy groups -OCH3 is 1. The second-order valence-corrected chi connectivity index (χ2v) is 2.55. The van der Waals surface area contributed by atoms with Gasteiger partial charge in [0.2, 0.25) is 0 Å². The van der Waals surface area contributed by atoms with Crippen molar-refractivity contribution in [2.24, 2.45) is 0 Å². The van der Waals surface area contributed by atoms with E-state index in [0.717, 1.165) is 4.90 Å². The van der Waals surface area contributed by atoms with Crippen LogP contribution in [0.5, 0.6) is 0 Å². The van der Waals surface area contributed by atoms with Crippen LogP contribution in [0.4, 0.5) is 0 Å². The van der Waals surface area contributed by atoms with Crippen LogP contribution in [0.2, 0.25) is 0 Å². The molecule has 58 valence electrons. The van der Waals surface area contributed by atoms with E-state index in [9.17, 15) is 4.79 Å². The maximum atomic E-state index is 10.9. The Morgan fingerprint density at radius 1 is 1.33 bits per heavy atom. The Hall–Kier alpha value is -0.337. The molecule has 0 spiro atoms. The van der Waals surface area contributed by atoms with Crippen LogP contribution in [0.3, 0.4) is 0 Å². The molecular formula is C8H8O2SZn+2. The summed E-state index contributed by atoms with van der Waals surface area (Å²) in [6.07, 6.45) is 0. The van der Waals surface area contributed by atoms with Crippen molar-refractivity contribution in [3.05, 3.63) is 29.8 Å². The molecule has 0 fully saturated rings. The summed E-state index contributed by atoms with van der Waals surface area (Å²) in [7, 11) is 1.36. The maximum absolute atomic E-state index is 10.9. The van der Waals surface area contributed by atoms with Gasteiger partial charge < -0.3 is 4.74 Å². The van der Waals surface area contributed by atoms with E-state index in [4.69, 9.17) is 0 Å². The first-order chi connectivity index (χ1) is 5.24. The van der Waals surface area contributed by atoms with Crippen molar-refractivity contribution in [2.75, 3.05) is 7.11 Å². The molecule has 0 aliphatic rings. The van der Waals surface area contributed by atoms with E-state index < -0.39 is 0 Å². The number of thiol groups is 1. The first-order valence-corrected chi connectivity index (χ1v) is 3.56. The summed E-state index contributed by atoms with van der Waals surface area (Å²) < 4.78 is 4.51. The molecule has 0 saturated heterocycles. The fourth-order valence-electron chi connectivity index (χ4n) is 0.715. The number of hydrogen-bond donors (Lipinski definition) is 1. The van der Waals surface area contributed by atoms with Crippen molar-refractivity contribution in [3.8, 4) is 0 Å². The molecule has 0 aliphatic heterocycles. The van der Waals surface area contributed by atoms with Crippen LogP contribution < -0.4 is 0 Å². The molecule has 0 heterocycles. The van der Waals surface area contributed by atoms with Crippen LogP contribution in [-0.2, 0) is 24.2 Å². The van der Waals surface area contributed by atoms with E-state index >= 15 is 0 Å². The Morgan fingerprint density at radius 3 is 2.25 bits per heavy atom. The average Bonchev–Trinajstić information content (AvgIpc) is 2.05. The summed E-state index contributed by atoms with van der Waals surface area (Å²) in [6, 6.07) is 6.84. The predicted molar refractivity (Wildman–Crippen MR) is 45.0 cm³/mol. The van der Waals surface area contributed by atoms with E-state index in [0.29, 0.717) is 5.56 Å². The summed E-state index contributed by atoms with van der Waals surface area (Å²) in [5, 5.41) is 0. The van der Waals surface area contributed by atoms with Crippen molar-refractivity contribution >= 4 is 18.6 Å². The summed E-state index contributed by atoms with van der Waals surface area (Å²) >= 11 is 4.08. The average molecular weight is 234 g/mol. The topological polar surface area (TPSA) is 26.3 Å². The third-order valence-corrected chi connectivity index (χ3v) is 1.59. The Labute approximate surface area is 89.5 Å². The molecule has 12 heavy (non-hydrogen) atoms. The van der Waals surface area contributed by atoms with Gasteiger partial charge in [-0.25, -0.2) is 4.79 Å². The molecule has 1 rings (SSSR count). The normalized spacial score (nSPS) is 8.50. The third-order valence-electron chi connectivity index (χ3n) is 1.29. The summed E-state index contributed by atoms with van der Waals surface area (Å²) in [6.45, 7) is 0. The Kier molecular flexibility index (Phi) is 5.18. The molecule has 0 atom stereocenters. The smallest absolute Gasteiger partial charge is 0.465 e. The van der Waals surface area contributed by atoms with Gasteiger partial charge in [-0.15, -0.1) is 12.6 Å².